The molecular weight excluding hydrogens is 357 g/mol. The monoisotopic (exact) mass is 383 g/mol. The van der Waals surface area contributed by atoms with Crippen LogP contribution in [-0.2, 0) is 11.3 Å². The molecule has 148 valence electrons. The highest BCUT2D eigenvalue weighted by Gasteiger charge is 2.29. The van der Waals surface area contributed by atoms with E-state index in [0.717, 1.165) is 16.9 Å². The Balaban J connectivity index is 1.61. The lowest BCUT2D eigenvalue weighted by atomic mass is 9.98. The molecule has 0 saturated carbocycles. The number of ether oxygens (including phenoxy) is 2. The number of carbonyl (C=O) groups is 1. The summed E-state index contributed by atoms with van der Waals surface area (Å²) in [6.45, 7) is 6.20. The zero-order valence-corrected chi connectivity index (χ0v) is 16.5. The van der Waals surface area contributed by atoms with E-state index in [1.54, 1.807) is 26.8 Å². The molecule has 2 aromatic carbocycles. The quantitative estimate of drug-likeness (QED) is 0.725. The zero-order chi connectivity index (χ0) is 20.1. The van der Waals surface area contributed by atoms with Crippen LogP contribution in [0.1, 0.15) is 31.9 Å². The van der Waals surface area contributed by atoms with Crippen molar-refractivity contribution in [2.24, 2.45) is 0 Å². The predicted octanol–water partition coefficient (Wildman–Crippen LogP) is 5.24. The van der Waals surface area contributed by atoms with Gasteiger partial charge in [-0.15, -0.1) is 0 Å². The van der Waals surface area contributed by atoms with E-state index < -0.39 is 17.9 Å². The molecule has 0 radical (unpaired) electrons. The molecule has 1 unspecified atom stereocenters. The van der Waals surface area contributed by atoms with Crippen LogP contribution in [0.5, 0.6) is 5.75 Å². The van der Waals surface area contributed by atoms with Crippen LogP contribution >= 0.6 is 0 Å². The van der Waals surface area contributed by atoms with Gasteiger partial charge in [-0.25, -0.2) is 9.18 Å². The van der Waals surface area contributed by atoms with E-state index >= 15 is 0 Å². The molecule has 0 bridgehead atoms. The van der Waals surface area contributed by atoms with Crippen LogP contribution in [-0.4, -0.2) is 35.9 Å². The van der Waals surface area contributed by atoms with Crippen molar-refractivity contribution in [2.75, 3.05) is 13.1 Å². The third-order valence-electron chi connectivity index (χ3n) is 4.34. The van der Waals surface area contributed by atoms with E-state index in [1.165, 1.54) is 4.90 Å². The van der Waals surface area contributed by atoms with Gasteiger partial charge in [-0.3, -0.25) is 0 Å². The third-order valence-corrected chi connectivity index (χ3v) is 4.34. The van der Waals surface area contributed by atoms with Gasteiger partial charge in [-0.2, -0.15) is 0 Å². The first-order valence-electron chi connectivity index (χ1n) is 9.41. The summed E-state index contributed by atoms with van der Waals surface area (Å²) in [6.07, 6.45) is 0.00485. The van der Waals surface area contributed by atoms with Gasteiger partial charge in [0, 0.05) is 6.54 Å². The zero-order valence-electron chi connectivity index (χ0n) is 16.5. The molecule has 0 saturated heterocycles. The number of nitrogens with zero attached hydrogens (tertiary/aromatic N) is 1. The molecule has 1 aliphatic heterocycles. The summed E-state index contributed by atoms with van der Waals surface area (Å²) in [5.41, 5.74) is 1.88. The SMILES string of the molecule is CC(C)(C)OC(=O)N1CC=C(c2ccc(OCc3ccccc3)cc2)C(F)C1. The standard InChI is InChI=1S/C23H26FNO3/c1-23(2,3)28-22(26)25-14-13-20(21(24)15-25)18-9-11-19(12-10-18)27-16-17-7-5-4-6-8-17/h4-13,21H,14-16H2,1-3H3. The minimum Gasteiger partial charge on any atom is -0.489 e. The Morgan fingerprint density at radius 1 is 1.11 bits per heavy atom. The summed E-state index contributed by atoms with van der Waals surface area (Å²) in [5, 5.41) is 0. The van der Waals surface area contributed by atoms with Crippen molar-refractivity contribution in [3.8, 4) is 5.75 Å². The Kier molecular flexibility index (Phi) is 6.02. The van der Waals surface area contributed by atoms with Crippen molar-refractivity contribution in [3.05, 3.63) is 71.8 Å². The molecule has 1 heterocycles. The molecule has 0 fully saturated rings. The van der Waals surface area contributed by atoms with Crippen LogP contribution in [0.25, 0.3) is 5.57 Å². The Morgan fingerprint density at radius 2 is 1.79 bits per heavy atom. The lowest BCUT2D eigenvalue weighted by Crippen LogP contribution is -2.42. The van der Waals surface area contributed by atoms with Gasteiger partial charge < -0.3 is 14.4 Å². The van der Waals surface area contributed by atoms with Crippen LogP contribution < -0.4 is 4.74 Å². The molecule has 4 nitrogen and oxygen atoms in total. The Bertz CT molecular complexity index is 825. The van der Waals surface area contributed by atoms with Crippen molar-refractivity contribution in [1.82, 2.24) is 4.90 Å². The number of hydrogen-bond acceptors (Lipinski definition) is 3. The predicted molar refractivity (Wildman–Crippen MR) is 108 cm³/mol. The van der Waals surface area contributed by atoms with Gasteiger partial charge in [0.05, 0.1) is 6.54 Å². The lowest BCUT2D eigenvalue weighted by molar-refractivity contribution is 0.0236. The number of hydrogen-bond donors (Lipinski definition) is 0. The van der Waals surface area contributed by atoms with Gasteiger partial charge in [-0.05, 0) is 49.6 Å². The van der Waals surface area contributed by atoms with E-state index in [9.17, 15) is 9.18 Å². The smallest absolute Gasteiger partial charge is 0.410 e. The number of halogens is 1. The largest absolute Gasteiger partial charge is 0.489 e. The maximum Gasteiger partial charge on any atom is 0.410 e. The maximum absolute atomic E-state index is 14.7. The fraction of sp³-hybridized carbons (Fsp3) is 0.348. The Morgan fingerprint density at radius 3 is 2.39 bits per heavy atom. The maximum atomic E-state index is 14.7. The second-order valence-electron chi connectivity index (χ2n) is 7.81. The molecule has 0 spiro atoms. The number of carbonyl (C=O) groups excluding carboxylic acids is 1. The number of amides is 1. The van der Waals surface area contributed by atoms with Crippen LogP contribution in [0.2, 0.25) is 0 Å². The molecule has 1 amide bonds. The average molecular weight is 383 g/mol. The summed E-state index contributed by atoms with van der Waals surface area (Å²) in [4.78, 5) is 13.5. The Hall–Kier alpha value is -2.82. The highest BCUT2D eigenvalue weighted by atomic mass is 19.1. The highest BCUT2D eigenvalue weighted by molar-refractivity contribution is 5.75. The lowest BCUT2D eigenvalue weighted by Gasteiger charge is -2.31. The van der Waals surface area contributed by atoms with Crippen LogP contribution in [0.15, 0.2) is 60.7 Å². The van der Waals surface area contributed by atoms with Gasteiger partial charge in [0.25, 0.3) is 0 Å². The van der Waals surface area contributed by atoms with Crippen molar-refractivity contribution in [2.45, 2.75) is 39.2 Å². The normalized spacial score (nSPS) is 17.1. The third kappa shape index (κ3) is 5.35. The summed E-state index contributed by atoms with van der Waals surface area (Å²) in [5.74, 6) is 0.731. The molecule has 28 heavy (non-hydrogen) atoms. The first-order valence-corrected chi connectivity index (χ1v) is 9.41. The van der Waals surface area contributed by atoms with E-state index in [4.69, 9.17) is 9.47 Å². The molecule has 1 atom stereocenters. The molecule has 0 aliphatic carbocycles. The Labute approximate surface area is 165 Å². The van der Waals surface area contributed by atoms with Gasteiger partial charge in [-0.1, -0.05) is 48.5 Å². The van der Waals surface area contributed by atoms with Crippen LogP contribution in [0, 0.1) is 0 Å². The highest BCUT2D eigenvalue weighted by Crippen LogP contribution is 2.27. The van der Waals surface area contributed by atoms with Crippen molar-refractivity contribution in [3.63, 3.8) is 0 Å². The summed E-state index contributed by atoms with van der Waals surface area (Å²) < 4.78 is 25.8. The summed E-state index contributed by atoms with van der Waals surface area (Å²) >= 11 is 0. The topological polar surface area (TPSA) is 38.8 Å². The van der Waals surface area contributed by atoms with Crippen LogP contribution in [0.4, 0.5) is 9.18 Å². The second-order valence-corrected chi connectivity index (χ2v) is 7.81. The number of rotatable bonds is 4. The van der Waals surface area contributed by atoms with Crippen molar-refractivity contribution >= 4 is 11.7 Å². The fourth-order valence-corrected chi connectivity index (χ4v) is 2.96. The second kappa shape index (κ2) is 8.46. The summed E-state index contributed by atoms with van der Waals surface area (Å²) in [6, 6.07) is 17.3. The molecule has 2 aromatic rings. The molecule has 5 heteroatoms. The molecular formula is C23H26FNO3. The number of alkyl halides is 1. The van der Waals surface area contributed by atoms with Gasteiger partial charge in [0.2, 0.25) is 0 Å². The van der Waals surface area contributed by atoms with Gasteiger partial charge >= 0.3 is 6.09 Å². The van der Waals surface area contributed by atoms with E-state index in [0.29, 0.717) is 18.7 Å². The minimum atomic E-state index is -1.25. The first kappa shape index (κ1) is 19.9. The minimum absolute atomic E-state index is 0.00694. The van der Waals surface area contributed by atoms with Gasteiger partial charge in [0.1, 0.15) is 24.1 Å². The summed E-state index contributed by atoms with van der Waals surface area (Å²) in [7, 11) is 0. The van der Waals surface area contributed by atoms with E-state index in [1.807, 2.05) is 54.6 Å². The van der Waals surface area contributed by atoms with Crippen molar-refractivity contribution in [1.29, 1.82) is 0 Å². The molecule has 0 aromatic heterocycles. The average Bonchev–Trinajstić information content (AvgIpc) is 2.66. The van der Waals surface area contributed by atoms with E-state index in [2.05, 4.69) is 0 Å². The molecule has 3 rings (SSSR count). The van der Waals surface area contributed by atoms with Crippen LogP contribution in [0.3, 0.4) is 0 Å². The first-order chi connectivity index (χ1) is 13.3. The molecule has 1 aliphatic rings. The van der Waals surface area contributed by atoms with Gasteiger partial charge in [0.15, 0.2) is 0 Å². The van der Waals surface area contributed by atoms with E-state index in [-0.39, 0.29) is 6.54 Å². The van der Waals surface area contributed by atoms with Crippen molar-refractivity contribution < 1.29 is 18.7 Å². The number of benzene rings is 2. The molecule has 0 N–H and O–H groups in total. The fourth-order valence-electron chi connectivity index (χ4n) is 2.96.